The maximum Gasteiger partial charge on any atom is 0.226 e. The first-order chi connectivity index (χ1) is 13.2. The van der Waals surface area contributed by atoms with Crippen molar-refractivity contribution in [3.05, 3.63) is 82.8 Å². The third-order valence-electron chi connectivity index (χ3n) is 3.88. The lowest BCUT2D eigenvalue weighted by atomic mass is 10.1. The molecule has 0 atom stereocenters. The van der Waals surface area contributed by atoms with Gasteiger partial charge in [0.2, 0.25) is 11.8 Å². The van der Waals surface area contributed by atoms with Crippen LogP contribution in [0.4, 0.5) is 0 Å². The standard InChI is InChI=1S/C19H16ClN5OS/c1-13-21-23-18(26-13)12-27-19-24-22-17(11-14-5-3-2-4-6-14)25(19)16-9-7-15(20)8-10-16/h2-10H,11-12H2,1H3. The number of hydrogen-bond acceptors (Lipinski definition) is 6. The molecule has 0 radical (unpaired) electrons. The summed E-state index contributed by atoms with van der Waals surface area (Å²) >= 11 is 7.56. The van der Waals surface area contributed by atoms with Crippen LogP contribution in [0.2, 0.25) is 5.02 Å². The van der Waals surface area contributed by atoms with Crippen LogP contribution in [0.1, 0.15) is 23.2 Å². The summed E-state index contributed by atoms with van der Waals surface area (Å²) in [6.45, 7) is 1.77. The van der Waals surface area contributed by atoms with E-state index >= 15 is 0 Å². The first-order valence-corrected chi connectivity index (χ1v) is 9.71. The molecule has 136 valence electrons. The van der Waals surface area contributed by atoms with Gasteiger partial charge in [0, 0.05) is 24.1 Å². The number of hydrogen-bond donors (Lipinski definition) is 0. The number of thioether (sulfide) groups is 1. The summed E-state index contributed by atoms with van der Waals surface area (Å²) in [5, 5.41) is 18.2. The van der Waals surface area contributed by atoms with Crippen molar-refractivity contribution in [1.29, 1.82) is 0 Å². The monoisotopic (exact) mass is 397 g/mol. The normalized spacial score (nSPS) is 11.0. The van der Waals surface area contributed by atoms with E-state index in [1.165, 1.54) is 17.3 Å². The number of nitrogens with zero attached hydrogens (tertiary/aromatic N) is 5. The molecule has 0 bridgehead atoms. The molecule has 0 aliphatic carbocycles. The van der Waals surface area contributed by atoms with Crippen LogP contribution in [0.25, 0.3) is 5.69 Å². The molecule has 0 aliphatic heterocycles. The largest absolute Gasteiger partial charge is 0.425 e. The van der Waals surface area contributed by atoms with Crippen LogP contribution in [-0.4, -0.2) is 25.0 Å². The van der Waals surface area contributed by atoms with Gasteiger partial charge in [0.15, 0.2) is 5.16 Å². The molecule has 4 rings (SSSR count). The molecule has 0 aliphatic rings. The molecule has 0 unspecified atom stereocenters. The maximum absolute atomic E-state index is 6.05. The molecule has 0 fully saturated rings. The van der Waals surface area contributed by atoms with Crippen LogP contribution in [-0.2, 0) is 12.2 Å². The van der Waals surface area contributed by atoms with E-state index in [0.29, 0.717) is 29.0 Å². The van der Waals surface area contributed by atoms with Crippen LogP contribution in [0, 0.1) is 6.92 Å². The van der Waals surface area contributed by atoms with Gasteiger partial charge in [-0.2, -0.15) is 0 Å². The maximum atomic E-state index is 6.05. The molecular formula is C19H16ClN5OS. The van der Waals surface area contributed by atoms with Gasteiger partial charge in [0.1, 0.15) is 5.82 Å². The first kappa shape index (κ1) is 17.8. The lowest BCUT2D eigenvalue weighted by molar-refractivity contribution is 0.485. The Bertz CT molecular complexity index is 1030. The zero-order valence-corrected chi connectivity index (χ0v) is 16.1. The van der Waals surface area contributed by atoms with Gasteiger partial charge in [-0.25, -0.2) is 0 Å². The van der Waals surface area contributed by atoms with Crippen LogP contribution in [0.3, 0.4) is 0 Å². The van der Waals surface area contributed by atoms with E-state index in [0.717, 1.165) is 16.7 Å². The van der Waals surface area contributed by atoms with Gasteiger partial charge in [-0.15, -0.1) is 20.4 Å². The van der Waals surface area contributed by atoms with Crippen LogP contribution >= 0.6 is 23.4 Å². The summed E-state index contributed by atoms with van der Waals surface area (Å²) in [7, 11) is 0. The molecule has 0 saturated heterocycles. The molecule has 27 heavy (non-hydrogen) atoms. The highest BCUT2D eigenvalue weighted by Crippen LogP contribution is 2.26. The Morgan fingerprint density at radius 1 is 0.963 bits per heavy atom. The smallest absolute Gasteiger partial charge is 0.226 e. The Morgan fingerprint density at radius 3 is 2.44 bits per heavy atom. The van der Waals surface area contributed by atoms with Crippen molar-refractivity contribution in [2.24, 2.45) is 0 Å². The fourth-order valence-electron chi connectivity index (χ4n) is 2.66. The number of rotatable bonds is 6. The van der Waals surface area contributed by atoms with E-state index < -0.39 is 0 Å². The second-order valence-electron chi connectivity index (χ2n) is 5.88. The van der Waals surface area contributed by atoms with E-state index in [2.05, 4.69) is 32.5 Å². The molecular weight excluding hydrogens is 382 g/mol. The predicted octanol–water partition coefficient (Wildman–Crippen LogP) is 4.50. The van der Waals surface area contributed by atoms with Gasteiger partial charge in [0.25, 0.3) is 0 Å². The average Bonchev–Trinajstić information content (AvgIpc) is 3.28. The molecule has 8 heteroatoms. The van der Waals surface area contributed by atoms with Crippen molar-refractivity contribution >= 4 is 23.4 Å². The number of benzene rings is 2. The minimum atomic E-state index is 0.526. The Kier molecular flexibility index (Phi) is 5.22. The fraction of sp³-hybridized carbons (Fsp3) is 0.158. The van der Waals surface area contributed by atoms with Crippen LogP contribution < -0.4 is 0 Å². The lowest BCUT2D eigenvalue weighted by Crippen LogP contribution is -2.04. The number of aryl methyl sites for hydroxylation is 1. The number of aromatic nitrogens is 5. The highest BCUT2D eigenvalue weighted by atomic mass is 35.5. The van der Waals surface area contributed by atoms with E-state index in [9.17, 15) is 0 Å². The van der Waals surface area contributed by atoms with E-state index in [-0.39, 0.29) is 0 Å². The molecule has 0 spiro atoms. The van der Waals surface area contributed by atoms with Crippen molar-refractivity contribution < 1.29 is 4.42 Å². The zero-order valence-electron chi connectivity index (χ0n) is 14.5. The van der Waals surface area contributed by atoms with Gasteiger partial charge < -0.3 is 4.42 Å². The quantitative estimate of drug-likeness (QED) is 0.446. The second kappa shape index (κ2) is 7.94. The number of halogens is 1. The Morgan fingerprint density at radius 2 is 1.74 bits per heavy atom. The minimum absolute atomic E-state index is 0.526. The molecule has 0 saturated carbocycles. The molecule has 2 aromatic carbocycles. The van der Waals surface area contributed by atoms with Crippen LogP contribution in [0.5, 0.6) is 0 Å². The predicted molar refractivity (Wildman–Crippen MR) is 104 cm³/mol. The van der Waals surface area contributed by atoms with E-state index in [1.807, 2.05) is 47.0 Å². The molecule has 6 nitrogen and oxygen atoms in total. The van der Waals surface area contributed by atoms with Crippen molar-refractivity contribution in [3.8, 4) is 5.69 Å². The van der Waals surface area contributed by atoms with Gasteiger partial charge in [-0.05, 0) is 29.8 Å². The molecule has 2 heterocycles. The van der Waals surface area contributed by atoms with Gasteiger partial charge in [-0.3, -0.25) is 4.57 Å². The van der Waals surface area contributed by atoms with E-state index in [4.69, 9.17) is 16.0 Å². The highest BCUT2D eigenvalue weighted by molar-refractivity contribution is 7.98. The zero-order chi connectivity index (χ0) is 18.6. The Balaban J connectivity index is 1.66. The highest BCUT2D eigenvalue weighted by Gasteiger charge is 2.16. The summed E-state index contributed by atoms with van der Waals surface area (Å²) < 4.78 is 7.49. The van der Waals surface area contributed by atoms with Crippen molar-refractivity contribution in [1.82, 2.24) is 25.0 Å². The molecule has 0 amide bonds. The molecule has 0 N–H and O–H groups in total. The third-order valence-corrected chi connectivity index (χ3v) is 5.05. The summed E-state index contributed by atoms with van der Waals surface area (Å²) in [4.78, 5) is 0. The third kappa shape index (κ3) is 4.20. The van der Waals surface area contributed by atoms with Gasteiger partial charge >= 0.3 is 0 Å². The van der Waals surface area contributed by atoms with Crippen molar-refractivity contribution in [3.63, 3.8) is 0 Å². The fourth-order valence-corrected chi connectivity index (χ4v) is 3.59. The summed E-state index contributed by atoms with van der Waals surface area (Å²) in [5.41, 5.74) is 2.13. The van der Waals surface area contributed by atoms with Gasteiger partial charge in [0.05, 0.1) is 5.75 Å². The first-order valence-electron chi connectivity index (χ1n) is 8.35. The summed E-state index contributed by atoms with van der Waals surface area (Å²) in [6.07, 6.45) is 0.677. The Hall–Kier alpha value is -2.64. The minimum Gasteiger partial charge on any atom is -0.425 e. The summed E-state index contributed by atoms with van der Waals surface area (Å²) in [6, 6.07) is 17.8. The topological polar surface area (TPSA) is 69.6 Å². The Labute approximate surface area is 165 Å². The molecule has 4 aromatic rings. The second-order valence-corrected chi connectivity index (χ2v) is 7.26. The molecule has 2 aromatic heterocycles. The average molecular weight is 398 g/mol. The van der Waals surface area contributed by atoms with E-state index in [1.54, 1.807) is 6.92 Å². The van der Waals surface area contributed by atoms with Crippen molar-refractivity contribution in [2.75, 3.05) is 0 Å². The SMILES string of the molecule is Cc1nnc(CSc2nnc(Cc3ccccc3)n2-c2ccc(Cl)cc2)o1. The van der Waals surface area contributed by atoms with Crippen LogP contribution in [0.15, 0.2) is 64.2 Å². The van der Waals surface area contributed by atoms with Gasteiger partial charge in [-0.1, -0.05) is 53.7 Å². The lowest BCUT2D eigenvalue weighted by Gasteiger charge is -2.10. The van der Waals surface area contributed by atoms with Crippen molar-refractivity contribution in [2.45, 2.75) is 24.3 Å². The summed E-state index contributed by atoms with van der Waals surface area (Å²) in [5.74, 6) is 2.49.